The molecule has 1 aromatic heterocycles. The molecule has 3 rings (SSSR count). The Balaban J connectivity index is 2.17. The van der Waals surface area contributed by atoms with E-state index in [1.54, 1.807) is 12.1 Å². The molecule has 0 bridgehead atoms. The van der Waals surface area contributed by atoms with Gasteiger partial charge in [0.05, 0.1) is 6.61 Å². The molecule has 1 unspecified atom stereocenters. The first-order valence-corrected chi connectivity index (χ1v) is 8.54. The number of aromatic nitrogens is 2. The van der Waals surface area contributed by atoms with Gasteiger partial charge in [-0.1, -0.05) is 54.5 Å². The minimum Gasteiger partial charge on any atom is -0.352 e. The van der Waals surface area contributed by atoms with Crippen LogP contribution in [-0.2, 0) is 9.67 Å². The molecule has 23 heavy (non-hydrogen) atoms. The van der Waals surface area contributed by atoms with Crippen LogP contribution in [0.2, 0.25) is 5.02 Å². The summed E-state index contributed by atoms with van der Waals surface area (Å²) in [5.41, 5.74) is 1.62. The molecule has 0 N–H and O–H groups in total. The zero-order valence-corrected chi connectivity index (χ0v) is 14.6. The van der Waals surface area contributed by atoms with Gasteiger partial charge in [0.15, 0.2) is 0 Å². The molecule has 0 saturated carbocycles. The van der Waals surface area contributed by atoms with Gasteiger partial charge in [-0.15, -0.1) is 0 Å². The predicted octanol–water partition coefficient (Wildman–Crippen LogP) is 3.93. The molecule has 0 amide bonds. The van der Waals surface area contributed by atoms with Crippen LogP contribution in [0, 0.1) is 5.92 Å². The first-order chi connectivity index (χ1) is 10.9. The summed E-state index contributed by atoms with van der Waals surface area (Å²) in [6, 6.07) is 7.36. The van der Waals surface area contributed by atoms with Crippen LogP contribution >= 0.6 is 23.4 Å². The second-order valence-corrected chi connectivity index (χ2v) is 7.30. The maximum absolute atomic E-state index is 12.0. The highest BCUT2D eigenvalue weighted by atomic mass is 35.5. The maximum Gasteiger partial charge on any atom is 0.446 e. The monoisotopic (exact) mass is 352 g/mol. The standard InChI is InChI=1S/C16H17ClN2O3S/c1-10(2)8-21-16(12-4-6-13(17)7-5-12)14-18-22-15(20)19(14)11(3)9-23-16/h4-7,9-10H,8H2,1-3H3. The van der Waals surface area contributed by atoms with Crippen LogP contribution in [0.1, 0.15) is 32.2 Å². The van der Waals surface area contributed by atoms with E-state index in [-0.39, 0.29) is 0 Å². The van der Waals surface area contributed by atoms with Crippen molar-refractivity contribution >= 4 is 29.1 Å². The van der Waals surface area contributed by atoms with Crippen LogP contribution in [0.3, 0.4) is 0 Å². The second-order valence-electron chi connectivity index (χ2n) is 5.81. The van der Waals surface area contributed by atoms with Crippen LogP contribution in [0.15, 0.2) is 39.0 Å². The van der Waals surface area contributed by atoms with Gasteiger partial charge in [0.25, 0.3) is 0 Å². The fraction of sp³-hybridized carbons (Fsp3) is 0.375. The highest BCUT2D eigenvalue weighted by Gasteiger charge is 2.44. The van der Waals surface area contributed by atoms with Gasteiger partial charge in [-0.05, 0) is 30.4 Å². The number of hydrogen-bond donors (Lipinski definition) is 0. The van der Waals surface area contributed by atoms with Gasteiger partial charge >= 0.3 is 5.76 Å². The molecular formula is C16H17ClN2O3S. The number of nitrogens with zero attached hydrogens (tertiary/aromatic N) is 2. The number of rotatable bonds is 4. The van der Waals surface area contributed by atoms with Crippen LogP contribution in [-0.4, -0.2) is 16.3 Å². The summed E-state index contributed by atoms with van der Waals surface area (Å²) in [4.78, 5) is 11.1. The van der Waals surface area contributed by atoms with Gasteiger partial charge in [-0.2, -0.15) is 0 Å². The number of hydrogen-bond acceptors (Lipinski definition) is 5. The van der Waals surface area contributed by atoms with E-state index >= 15 is 0 Å². The van der Waals surface area contributed by atoms with Crippen molar-refractivity contribution in [3.8, 4) is 0 Å². The number of ether oxygens (including phenoxy) is 1. The number of thioether (sulfide) groups is 1. The fourth-order valence-corrected chi connectivity index (χ4v) is 3.58. The molecular weight excluding hydrogens is 336 g/mol. The SMILES string of the molecule is CC1=CSC(OCC(C)C)(c2ccc(Cl)cc2)c2noc(=O)n21. The second kappa shape index (κ2) is 6.19. The molecule has 0 aliphatic carbocycles. The number of benzene rings is 1. The van der Waals surface area contributed by atoms with Gasteiger partial charge < -0.3 is 4.74 Å². The summed E-state index contributed by atoms with van der Waals surface area (Å²) in [7, 11) is 0. The van der Waals surface area contributed by atoms with Crippen molar-refractivity contribution < 1.29 is 9.26 Å². The van der Waals surface area contributed by atoms with Crippen molar-refractivity contribution in [1.29, 1.82) is 0 Å². The maximum atomic E-state index is 12.0. The third-order valence-electron chi connectivity index (χ3n) is 3.49. The molecule has 1 aliphatic rings. The number of allylic oxidation sites excluding steroid dienone is 1. The van der Waals surface area contributed by atoms with E-state index in [0.717, 1.165) is 11.3 Å². The lowest BCUT2D eigenvalue weighted by Crippen LogP contribution is -2.35. The summed E-state index contributed by atoms with van der Waals surface area (Å²) in [6.07, 6.45) is 0. The summed E-state index contributed by atoms with van der Waals surface area (Å²) in [6.45, 7) is 6.49. The Bertz CT molecular complexity index is 794. The number of halogens is 1. The van der Waals surface area contributed by atoms with Crippen LogP contribution in [0.25, 0.3) is 5.70 Å². The molecule has 0 saturated heterocycles. The molecule has 0 spiro atoms. The zero-order chi connectivity index (χ0) is 16.6. The molecule has 0 radical (unpaired) electrons. The van der Waals surface area contributed by atoms with Gasteiger partial charge in [0.1, 0.15) is 0 Å². The summed E-state index contributed by atoms with van der Waals surface area (Å²) >= 11 is 7.47. The Morgan fingerprint density at radius 1 is 1.39 bits per heavy atom. The molecule has 2 aromatic rings. The minimum absolute atomic E-state index is 0.332. The van der Waals surface area contributed by atoms with Crippen molar-refractivity contribution in [3.05, 3.63) is 56.6 Å². The lowest BCUT2D eigenvalue weighted by Gasteiger charge is -2.34. The summed E-state index contributed by atoms with van der Waals surface area (Å²) < 4.78 is 12.6. The van der Waals surface area contributed by atoms with Gasteiger partial charge in [0, 0.05) is 16.3 Å². The molecule has 122 valence electrons. The fourth-order valence-electron chi connectivity index (χ4n) is 2.37. The highest BCUT2D eigenvalue weighted by molar-refractivity contribution is 8.03. The molecule has 1 atom stereocenters. The Labute approximate surface area is 143 Å². The smallest absolute Gasteiger partial charge is 0.352 e. The van der Waals surface area contributed by atoms with E-state index < -0.39 is 10.7 Å². The topological polar surface area (TPSA) is 57.3 Å². The Morgan fingerprint density at radius 2 is 2.09 bits per heavy atom. The third-order valence-corrected chi connectivity index (χ3v) is 5.07. The van der Waals surface area contributed by atoms with Crippen LogP contribution < -0.4 is 5.76 Å². The van der Waals surface area contributed by atoms with Crippen molar-refractivity contribution in [3.63, 3.8) is 0 Å². The van der Waals surface area contributed by atoms with Crippen molar-refractivity contribution in [2.45, 2.75) is 25.7 Å². The highest BCUT2D eigenvalue weighted by Crippen LogP contribution is 2.47. The Hall–Kier alpha value is -1.50. The van der Waals surface area contributed by atoms with E-state index in [1.807, 2.05) is 24.5 Å². The van der Waals surface area contributed by atoms with Gasteiger partial charge in [-0.3, -0.25) is 4.52 Å². The molecule has 0 fully saturated rings. The Morgan fingerprint density at radius 3 is 2.74 bits per heavy atom. The normalized spacial score (nSPS) is 20.5. The molecule has 1 aromatic carbocycles. The minimum atomic E-state index is -0.930. The largest absolute Gasteiger partial charge is 0.446 e. The number of fused-ring (bicyclic) bond motifs is 1. The molecule has 5 nitrogen and oxygen atoms in total. The summed E-state index contributed by atoms with van der Waals surface area (Å²) in [5, 5.41) is 6.52. The van der Waals surface area contributed by atoms with Crippen molar-refractivity contribution in [1.82, 2.24) is 9.72 Å². The van der Waals surface area contributed by atoms with Gasteiger partial charge in [-0.25, -0.2) is 9.36 Å². The van der Waals surface area contributed by atoms with Gasteiger partial charge in [0.2, 0.25) is 10.8 Å². The van der Waals surface area contributed by atoms with E-state index in [4.69, 9.17) is 20.9 Å². The molecule has 7 heteroatoms. The van der Waals surface area contributed by atoms with Crippen LogP contribution in [0.4, 0.5) is 0 Å². The first kappa shape index (κ1) is 16.4. The predicted molar refractivity (Wildman–Crippen MR) is 91.3 cm³/mol. The van der Waals surface area contributed by atoms with Crippen molar-refractivity contribution in [2.24, 2.45) is 5.92 Å². The molecule has 1 aliphatic heterocycles. The Kier molecular flexibility index (Phi) is 4.40. The van der Waals surface area contributed by atoms with E-state index in [1.165, 1.54) is 16.3 Å². The average molecular weight is 353 g/mol. The third kappa shape index (κ3) is 2.86. The zero-order valence-electron chi connectivity index (χ0n) is 13.1. The average Bonchev–Trinajstić information content (AvgIpc) is 2.91. The lowest BCUT2D eigenvalue weighted by molar-refractivity contribution is 0.0264. The van der Waals surface area contributed by atoms with Crippen LogP contribution in [0.5, 0.6) is 0 Å². The van der Waals surface area contributed by atoms with Crippen molar-refractivity contribution in [2.75, 3.05) is 6.61 Å². The summed E-state index contributed by atoms with van der Waals surface area (Å²) in [5.74, 6) is 0.259. The van der Waals surface area contributed by atoms with E-state index in [0.29, 0.717) is 23.4 Å². The lowest BCUT2D eigenvalue weighted by atomic mass is 10.1. The van der Waals surface area contributed by atoms with E-state index in [9.17, 15) is 4.79 Å². The van der Waals surface area contributed by atoms with E-state index in [2.05, 4.69) is 19.0 Å². The first-order valence-electron chi connectivity index (χ1n) is 7.28. The molecule has 2 heterocycles. The quantitative estimate of drug-likeness (QED) is 0.834.